The molecule has 1 aliphatic carbocycles. The minimum absolute atomic E-state index is 0. The molecule has 30 heavy (non-hydrogen) atoms. The Morgan fingerprint density at radius 2 is 1.53 bits per heavy atom. The number of hydrogen-bond donors (Lipinski definition) is 2. The quantitative estimate of drug-likeness (QED) is 0.0271. The number of alkyl halides is 2. The van der Waals surface area contributed by atoms with Crippen molar-refractivity contribution >= 4 is 81.2 Å². The normalized spacial score (nSPS) is 24.5. The average Bonchev–Trinajstić information content (AvgIpc) is 2.63. The molecule has 0 aromatic heterocycles. The smallest absolute Gasteiger partial charge is 0.691 e. The second kappa shape index (κ2) is 20.1. The molecule has 0 aromatic carbocycles. The van der Waals surface area contributed by atoms with Crippen LogP contribution in [0.5, 0.6) is 0 Å². The van der Waals surface area contributed by atoms with Gasteiger partial charge in [0.15, 0.2) is 0 Å². The number of halogens is 2. The summed E-state index contributed by atoms with van der Waals surface area (Å²) in [4.78, 5) is 23.5. The van der Waals surface area contributed by atoms with E-state index in [-0.39, 0.29) is 90.5 Å². The number of nitrogens with two attached hydrogens (primary N) is 1. The second-order valence-electron chi connectivity index (χ2n) is 5.99. The maximum Gasteiger partial charge on any atom is 1.00 e. The number of rotatable bonds is 13. The van der Waals surface area contributed by atoms with Crippen molar-refractivity contribution in [2.75, 3.05) is 11.5 Å². The predicted molar refractivity (Wildman–Crippen MR) is 111 cm³/mol. The van der Waals surface area contributed by atoms with Crippen molar-refractivity contribution in [3.63, 3.8) is 0 Å². The van der Waals surface area contributed by atoms with E-state index in [2.05, 4.69) is 63.9 Å². The average molecular weight is 713 g/mol. The standard InChI is InChI=1S/C13H21I2NO10S2.2Na/c14-8-1-6(3-10(16)12(17)18)2-9(15)11(8)22-13(19)7(4-27-25-23-20)5-28-26-24-21;;/h6-11,20-21H,1-5,16H2,(H,17,18);;/q;2*+1/p-2. The summed E-state index contributed by atoms with van der Waals surface area (Å²) >= 11 is 5.62. The maximum atomic E-state index is 12.5. The molecule has 0 radical (unpaired) electrons. The fourth-order valence-electron chi connectivity index (χ4n) is 2.70. The monoisotopic (exact) mass is 713 g/mol. The van der Waals surface area contributed by atoms with Crippen LogP contribution in [0, 0.1) is 11.8 Å². The van der Waals surface area contributed by atoms with Gasteiger partial charge in [0.05, 0.1) is 5.92 Å². The minimum atomic E-state index is -1.03. The van der Waals surface area contributed by atoms with Gasteiger partial charge in [-0.25, -0.2) is 0 Å². The number of carboxylic acids is 1. The third kappa shape index (κ3) is 13.6. The Morgan fingerprint density at radius 3 is 1.93 bits per heavy atom. The van der Waals surface area contributed by atoms with E-state index in [1.807, 2.05) is 0 Å². The Kier molecular flexibility index (Phi) is 23.4. The van der Waals surface area contributed by atoms with Gasteiger partial charge in [-0.05, 0) is 25.2 Å². The summed E-state index contributed by atoms with van der Waals surface area (Å²) in [6.07, 6.45) is 1.34. The molecule has 1 aliphatic rings. The van der Waals surface area contributed by atoms with Crippen molar-refractivity contribution in [3.8, 4) is 0 Å². The number of esters is 1. The number of ether oxygens (including phenoxy) is 1. The molecular weight excluding hydrogens is 694 g/mol. The van der Waals surface area contributed by atoms with Gasteiger partial charge in [0, 0.05) is 43.4 Å². The maximum absolute atomic E-state index is 12.5. The van der Waals surface area contributed by atoms with E-state index in [1.165, 1.54) is 0 Å². The fraction of sp³-hybridized carbons (Fsp3) is 0.846. The van der Waals surface area contributed by atoms with E-state index < -0.39 is 23.9 Å². The molecule has 0 bridgehead atoms. The van der Waals surface area contributed by atoms with Crippen LogP contribution in [0.3, 0.4) is 0 Å². The molecule has 0 aliphatic heterocycles. The summed E-state index contributed by atoms with van der Waals surface area (Å²) in [5, 5.41) is 35.2. The van der Waals surface area contributed by atoms with Crippen LogP contribution in [-0.2, 0) is 33.1 Å². The SMILES string of the molecule is NC(CC1CC(I)C(OC(=O)C(CSOO[O-])CSOO[O-])C(I)C1)C(=O)O.[Na+].[Na+]. The summed E-state index contributed by atoms with van der Waals surface area (Å²) in [7, 11) is 0. The number of carbonyl (C=O) groups excluding carboxylic acids is 1. The van der Waals surface area contributed by atoms with E-state index in [0.29, 0.717) is 43.3 Å². The number of aliphatic carboxylic acids is 1. The first kappa shape index (κ1) is 35.0. The topological polar surface area (TPSA) is 173 Å². The number of hydrogen-bond acceptors (Lipinski definition) is 12. The molecule has 3 N–H and O–H groups in total. The molecule has 17 heteroatoms. The Labute approximate surface area is 253 Å². The van der Waals surface area contributed by atoms with Crippen LogP contribution in [-0.4, -0.2) is 48.5 Å². The number of carbonyl (C=O) groups is 2. The van der Waals surface area contributed by atoms with Crippen molar-refractivity contribution < 1.29 is 108 Å². The molecule has 1 rings (SSSR count). The Bertz CT molecular complexity index is 483. The molecule has 1 fully saturated rings. The summed E-state index contributed by atoms with van der Waals surface area (Å²) in [6.45, 7) is 0. The van der Waals surface area contributed by atoms with Crippen molar-refractivity contribution in [3.05, 3.63) is 0 Å². The van der Waals surface area contributed by atoms with E-state index in [4.69, 9.17) is 15.6 Å². The molecule has 11 nitrogen and oxygen atoms in total. The van der Waals surface area contributed by atoms with Gasteiger partial charge < -0.3 is 26.1 Å². The van der Waals surface area contributed by atoms with Crippen LogP contribution < -0.4 is 75.4 Å². The number of carboxylic acid groups (broad SMARTS) is 1. The Hall–Kier alpha value is 2.82. The van der Waals surface area contributed by atoms with Crippen molar-refractivity contribution in [1.29, 1.82) is 0 Å². The van der Waals surface area contributed by atoms with Crippen LogP contribution in [0.2, 0.25) is 0 Å². The van der Waals surface area contributed by atoms with E-state index in [0.717, 1.165) is 0 Å². The summed E-state index contributed by atoms with van der Waals surface area (Å²) < 4.78 is 14.0. The van der Waals surface area contributed by atoms with Crippen molar-refractivity contribution in [1.82, 2.24) is 0 Å². The molecule has 164 valence electrons. The molecule has 0 spiro atoms. The van der Waals surface area contributed by atoms with E-state index in [9.17, 15) is 20.1 Å². The van der Waals surface area contributed by atoms with Gasteiger partial charge in [0.2, 0.25) is 0 Å². The predicted octanol–water partition coefficient (Wildman–Crippen LogP) is -5.91. The summed E-state index contributed by atoms with van der Waals surface area (Å²) in [5.74, 6) is -2.12. The zero-order valence-electron chi connectivity index (χ0n) is 16.3. The van der Waals surface area contributed by atoms with Gasteiger partial charge in [-0.15, -0.1) is 0 Å². The van der Waals surface area contributed by atoms with Crippen LogP contribution in [0.1, 0.15) is 19.3 Å². The van der Waals surface area contributed by atoms with E-state index >= 15 is 0 Å². The zero-order chi connectivity index (χ0) is 21.1. The van der Waals surface area contributed by atoms with Gasteiger partial charge in [-0.1, -0.05) is 45.2 Å². The Balaban J connectivity index is 0. The van der Waals surface area contributed by atoms with E-state index in [1.54, 1.807) is 0 Å². The molecule has 3 unspecified atom stereocenters. The van der Waals surface area contributed by atoms with Crippen molar-refractivity contribution in [2.24, 2.45) is 17.6 Å². The molecule has 0 heterocycles. The van der Waals surface area contributed by atoms with Gasteiger partial charge in [0.25, 0.3) is 0 Å². The first-order valence-corrected chi connectivity index (χ1v) is 12.2. The van der Waals surface area contributed by atoms with Crippen LogP contribution in [0.25, 0.3) is 0 Å². The van der Waals surface area contributed by atoms with Gasteiger partial charge >= 0.3 is 71.1 Å². The molecule has 1 saturated carbocycles. The summed E-state index contributed by atoms with van der Waals surface area (Å²) in [6, 6.07) is -0.916. The van der Waals surface area contributed by atoms with Crippen molar-refractivity contribution in [2.45, 2.75) is 39.3 Å². The molecule has 0 saturated heterocycles. The molecule has 0 amide bonds. The first-order valence-electron chi connectivity index (χ1n) is 7.93. The van der Waals surface area contributed by atoms with Gasteiger partial charge in [0.1, 0.15) is 12.1 Å². The molecule has 3 atom stereocenters. The largest absolute Gasteiger partial charge is 1.00 e. The summed E-state index contributed by atoms with van der Waals surface area (Å²) in [5.41, 5.74) is 5.63. The van der Waals surface area contributed by atoms with Crippen LogP contribution in [0.4, 0.5) is 0 Å². The van der Waals surface area contributed by atoms with Crippen LogP contribution in [0.15, 0.2) is 0 Å². The Morgan fingerprint density at radius 1 is 1.07 bits per heavy atom. The molecule has 0 aromatic rings. The third-order valence-electron chi connectivity index (χ3n) is 4.01. The van der Waals surface area contributed by atoms with Crippen LogP contribution >= 0.6 is 69.3 Å². The minimum Gasteiger partial charge on any atom is -0.691 e. The first-order chi connectivity index (χ1) is 13.3. The molecular formula is C13H19I2NNa2O10S2. The zero-order valence-corrected chi connectivity index (χ0v) is 26.2. The van der Waals surface area contributed by atoms with Gasteiger partial charge in [-0.3, -0.25) is 19.7 Å². The fourth-order valence-corrected chi connectivity index (χ4v) is 7.41. The second-order valence-corrected chi connectivity index (χ2v) is 10.6. The third-order valence-corrected chi connectivity index (χ3v) is 7.83. The van der Waals surface area contributed by atoms with Gasteiger partial charge in [-0.2, -0.15) is 8.67 Å².